The minimum absolute atomic E-state index is 0.883. The first kappa shape index (κ1) is 41.3. The average Bonchev–Trinajstić information content (AvgIpc) is 4.12. The monoisotopic (exact) mass is 916 g/mol. The molecule has 0 aliphatic carbocycles. The number of hydrogen-bond donors (Lipinski definition) is 0. The molecule has 0 aliphatic rings. The van der Waals surface area contributed by atoms with Crippen LogP contribution in [0.4, 0.5) is 0 Å². The zero-order valence-corrected chi connectivity index (χ0v) is 39.2. The number of aromatic nitrogens is 4. The summed E-state index contributed by atoms with van der Waals surface area (Å²) < 4.78 is 4.85. The van der Waals surface area contributed by atoms with Gasteiger partial charge in [-0.1, -0.05) is 200 Å². The van der Waals surface area contributed by atoms with Crippen LogP contribution >= 0.6 is 0 Å². The Morgan fingerprint density at radius 3 is 1.28 bits per heavy atom. The van der Waals surface area contributed by atoms with E-state index in [0.29, 0.717) is 0 Å². The van der Waals surface area contributed by atoms with Gasteiger partial charge in [0.2, 0.25) is 0 Å². The minimum atomic E-state index is 0.883. The molecule has 0 fully saturated rings. The molecule has 10 aromatic carbocycles. The third kappa shape index (κ3) is 6.84. The lowest BCUT2D eigenvalue weighted by atomic mass is 9.85. The highest BCUT2D eigenvalue weighted by Crippen LogP contribution is 2.48. The molecule has 0 spiro atoms. The van der Waals surface area contributed by atoms with Crippen molar-refractivity contribution in [1.82, 2.24) is 19.1 Å². The summed E-state index contributed by atoms with van der Waals surface area (Å²) in [4.78, 5) is 10.6. The third-order valence-corrected chi connectivity index (χ3v) is 14.4. The lowest BCUT2D eigenvalue weighted by Crippen LogP contribution is -2.02. The second-order valence-corrected chi connectivity index (χ2v) is 18.5. The maximum atomic E-state index is 5.65. The van der Waals surface area contributed by atoms with E-state index in [1.807, 2.05) is 12.3 Å². The first-order valence-electron chi connectivity index (χ1n) is 24.6. The van der Waals surface area contributed by atoms with Gasteiger partial charge in [-0.25, -0.2) is 4.98 Å². The molecular formula is C68H44N4. The average molecular weight is 917 g/mol. The molecule has 4 aromatic heterocycles. The Morgan fingerprint density at radius 1 is 0.278 bits per heavy atom. The van der Waals surface area contributed by atoms with E-state index in [1.165, 1.54) is 21.9 Å². The molecule has 0 saturated carbocycles. The van der Waals surface area contributed by atoms with Crippen LogP contribution in [0.3, 0.4) is 0 Å². The van der Waals surface area contributed by atoms with Gasteiger partial charge in [0.15, 0.2) is 0 Å². The van der Waals surface area contributed by atoms with Gasteiger partial charge in [-0.3, -0.25) is 4.98 Å². The molecule has 0 aliphatic heterocycles. The second kappa shape index (κ2) is 17.1. The van der Waals surface area contributed by atoms with Crippen molar-refractivity contribution < 1.29 is 0 Å². The van der Waals surface area contributed by atoms with E-state index in [2.05, 4.69) is 264 Å². The highest BCUT2D eigenvalue weighted by Gasteiger charge is 2.24. The van der Waals surface area contributed by atoms with Gasteiger partial charge < -0.3 is 9.13 Å². The molecule has 0 radical (unpaired) electrons. The smallest absolute Gasteiger partial charge is 0.0972 e. The molecule has 0 N–H and O–H groups in total. The summed E-state index contributed by atoms with van der Waals surface area (Å²) >= 11 is 0. The normalized spacial score (nSPS) is 11.6. The van der Waals surface area contributed by atoms with Crippen LogP contribution in [0.5, 0.6) is 0 Å². The molecular weight excluding hydrogens is 873 g/mol. The molecule has 4 nitrogen and oxygen atoms in total. The predicted molar refractivity (Wildman–Crippen MR) is 301 cm³/mol. The Morgan fingerprint density at radius 2 is 0.722 bits per heavy atom. The summed E-state index contributed by atoms with van der Waals surface area (Å²) in [6.07, 6.45) is 1.87. The Bertz CT molecular complexity index is 4240. The lowest BCUT2D eigenvalue weighted by molar-refractivity contribution is 1.10. The van der Waals surface area contributed by atoms with Gasteiger partial charge in [0.1, 0.15) is 0 Å². The van der Waals surface area contributed by atoms with Crippen molar-refractivity contribution in [3.05, 3.63) is 267 Å². The number of fused-ring (bicyclic) bond motifs is 6. The highest BCUT2D eigenvalue weighted by molar-refractivity contribution is 6.24. The van der Waals surface area contributed by atoms with Crippen molar-refractivity contribution in [2.45, 2.75) is 0 Å². The summed E-state index contributed by atoms with van der Waals surface area (Å²) in [5.41, 5.74) is 17.3. The Kier molecular flexibility index (Phi) is 9.82. The fraction of sp³-hybridized carbons (Fsp3) is 0. The molecule has 72 heavy (non-hydrogen) atoms. The second-order valence-electron chi connectivity index (χ2n) is 18.5. The standard InChI is InChI=1S/C68H44N4/c1-5-18-46(19-6-1)61-38-39-62(47-20-7-2-8-21-47)71(61)52-34-36-57-58(43-52)65(55-29-15-26-45-17-13-14-28-54(45)55)56-35-33-53(72-63(48-22-9-3-10-23-48)40-41-64(72)49-24-11-4-12-25-49)44-59(56)66(57)60-37-32-51-31-30-50-27-16-42-69-67(50)68(51)70-60/h1-44H. The minimum Gasteiger partial charge on any atom is -0.309 e. The highest BCUT2D eigenvalue weighted by atomic mass is 15.0. The first-order valence-corrected chi connectivity index (χ1v) is 24.6. The van der Waals surface area contributed by atoms with Crippen LogP contribution in [0.1, 0.15) is 0 Å². The van der Waals surface area contributed by atoms with E-state index in [0.717, 1.165) is 111 Å². The Balaban J connectivity index is 1.14. The number of hydrogen-bond acceptors (Lipinski definition) is 2. The summed E-state index contributed by atoms with van der Waals surface area (Å²) in [5.74, 6) is 0. The van der Waals surface area contributed by atoms with Gasteiger partial charge in [0, 0.05) is 33.9 Å². The van der Waals surface area contributed by atoms with Crippen LogP contribution in [0.15, 0.2) is 267 Å². The molecule has 336 valence electrons. The maximum absolute atomic E-state index is 5.65. The van der Waals surface area contributed by atoms with Crippen LogP contribution in [-0.2, 0) is 0 Å². The summed E-state index contributed by atoms with van der Waals surface area (Å²) in [7, 11) is 0. The quantitative estimate of drug-likeness (QED) is 0.112. The van der Waals surface area contributed by atoms with Crippen LogP contribution < -0.4 is 0 Å². The first-order chi connectivity index (χ1) is 35.7. The molecule has 14 rings (SSSR count). The van der Waals surface area contributed by atoms with Gasteiger partial charge in [-0.2, -0.15) is 0 Å². The van der Waals surface area contributed by atoms with E-state index in [4.69, 9.17) is 9.97 Å². The molecule has 0 saturated heterocycles. The van der Waals surface area contributed by atoms with Crippen molar-refractivity contribution in [2.75, 3.05) is 0 Å². The van der Waals surface area contributed by atoms with Crippen LogP contribution in [-0.4, -0.2) is 19.1 Å². The molecule has 0 bridgehead atoms. The van der Waals surface area contributed by atoms with Crippen molar-refractivity contribution in [1.29, 1.82) is 0 Å². The fourth-order valence-corrected chi connectivity index (χ4v) is 11.1. The van der Waals surface area contributed by atoms with Crippen molar-refractivity contribution >= 4 is 54.1 Å². The van der Waals surface area contributed by atoms with Crippen molar-refractivity contribution in [2.24, 2.45) is 0 Å². The van der Waals surface area contributed by atoms with E-state index in [-0.39, 0.29) is 0 Å². The van der Waals surface area contributed by atoms with Crippen LogP contribution in [0, 0.1) is 0 Å². The number of nitrogens with zero attached hydrogens (tertiary/aromatic N) is 4. The molecule has 4 heterocycles. The van der Waals surface area contributed by atoms with E-state index in [1.54, 1.807) is 0 Å². The molecule has 0 unspecified atom stereocenters. The zero-order chi connectivity index (χ0) is 47.5. The van der Waals surface area contributed by atoms with E-state index in [9.17, 15) is 0 Å². The third-order valence-electron chi connectivity index (χ3n) is 14.4. The molecule has 0 amide bonds. The summed E-state index contributed by atoms with van der Waals surface area (Å²) in [6.45, 7) is 0. The number of pyridine rings is 2. The molecule has 4 heteroatoms. The summed E-state index contributed by atoms with van der Waals surface area (Å²) in [6, 6.07) is 94.4. The van der Waals surface area contributed by atoms with Crippen molar-refractivity contribution in [3.63, 3.8) is 0 Å². The lowest BCUT2D eigenvalue weighted by Gasteiger charge is -2.22. The number of benzene rings is 10. The van der Waals surface area contributed by atoms with Gasteiger partial charge in [0.05, 0.1) is 39.5 Å². The Labute approximate surface area is 417 Å². The van der Waals surface area contributed by atoms with E-state index < -0.39 is 0 Å². The van der Waals surface area contributed by atoms with Gasteiger partial charge in [0.25, 0.3) is 0 Å². The molecule has 0 atom stereocenters. The molecule has 14 aromatic rings. The maximum Gasteiger partial charge on any atom is 0.0972 e. The van der Waals surface area contributed by atoms with Gasteiger partial charge in [-0.15, -0.1) is 0 Å². The summed E-state index contributed by atoms with van der Waals surface area (Å²) in [5, 5.41) is 9.01. The fourth-order valence-electron chi connectivity index (χ4n) is 11.1. The van der Waals surface area contributed by atoms with Gasteiger partial charge in [-0.05, 0) is 126 Å². The van der Waals surface area contributed by atoms with Crippen LogP contribution in [0.2, 0.25) is 0 Å². The van der Waals surface area contributed by atoms with E-state index >= 15 is 0 Å². The number of rotatable bonds is 8. The predicted octanol–water partition coefficient (Wildman–Crippen LogP) is 17.8. The zero-order valence-electron chi connectivity index (χ0n) is 39.2. The van der Waals surface area contributed by atoms with Crippen LogP contribution in [0.25, 0.3) is 133 Å². The largest absolute Gasteiger partial charge is 0.309 e. The van der Waals surface area contributed by atoms with Gasteiger partial charge >= 0.3 is 0 Å². The topological polar surface area (TPSA) is 35.6 Å². The van der Waals surface area contributed by atoms with Crippen molar-refractivity contribution in [3.8, 4) is 78.8 Å². The Hall–Kier alpha value is -9.64. The SMILES string of the molecule is c1ccc(-c2ccc(-c3ccccc3)n2-c2ccc3c(-c4cccc5ccccc45)c4cc(-n5c(-c6ccccc6)ccc5-c5ccccc5)ccc4c(-c4ccc5ccc6cccnc6c5n4)c3c2)cc1.